The number of carbonyl (C=O) groups is 2. The van der Waals surface area contributed by atoms with E-state index in [2.05, 4.69) is 9.74 Å². The SMILES string of the molecule is [C-]#[N+][C@@]1(C)C[C@H]2C(=O)N(CCN3CCOCC3)[C@H](C)C(=O)N2C1c1ccc2c(c1)OCO2. The van der Waals surface area contributed by atoms with E-state index in [1.165, 1.54) is 0 Å². The fourth-order valence-corrected chi connectivity index (χ4v) is 5.39. The van der Waals surface area contributed by atoms with Crippen molar-refractivity contribution >= 4 is 11.8 Å². The first-order valence-corrected chi connectivity index (χ1v) is 11.1. The number of carbonyl (C=O) groups excluding carboxylic acids is 2. The molecule has 4 atom stereocenters. The Bertz CT molecular complexity index is 972. The second-order valence-electron chi connectivity index (χ2n) is 9.11. The van der Waals surface area contributed by atoms with E-state index in [1.54, 1.807) is 16.7 Å². The van der Waals surface area contributed by atoms with Gasteiger partial charge in [0.25, 0.3) is 5.54 Å². The van der Waals surface area contributed by atoms with Gasteiger partial charge in [0.2, 0.25) is 18.6 Å². The van der Waals surface area contributed by atoms with Crippen LogP contribution in [0.4, 0.5) is 0 Å². The Morgan fingerprint density at radius 2 is 1.88 bits per heavy atom. The number of morpholine rings is 1. The van der Waals surface area contributed by atoms with Gasteiger partial charge in [0, 0.05) is 33.1 Å². The van der Waals surface area contributed by atoms with E-state index in [1.807, 2.05) is 25.1 Å². The summed E-state index contributed by atoms with van der Waals surface area (Å²) >= 11 is 0. The van der Waals surface area contributed by atoms with Crippen molar-refractivity contribution in [2.45, 2.75) is 43.9 Å². The number of fused-ring (bicyclic) bond motifs is 2. The number of rotatable bonds is 4. The standard InChI is InChI=1S/C23H28N4O5/c1-15-21(28)27-17(22(29)26(15)7-6-25-8-10-30-11-9-25)13-23(2,24-3)20(27)16-4-5-18-19(12-16)32-14-31-18/h4-5,12,15,17,20H,6-11,13-14H2,1-2H3/t15-,17+,20?,23+/m1/s1. The van der Waals surface area contributed by atoms with Crippen molar-refractivity contribution < 1.29 is 23.8 Å². The monoisotopic (exact) mass is 440 g/mol. The highest BCUT2D eigenvalue weighted by molar-refractivity contribution is 5.98. The highest BCUT2D eigenvalue weighted by Crippen LogP contribution is 2.50. The van der Waals surface area contributed by atoms with Crippen LogP contribution in [0.2, 0.25) is 0 Å². The molecule has 2 amide bonds. The van der Waals surface area contributed by atoms with Gasteiger partial charge in [-0.3, -0.25) is 14.5 Å². The van der Waals surface area contributed by atoms with Gasteiger partial charge < -0.3 is 28.9 Å². The number of piperazine rings is 1. The summed E-state index contributed by atoms with van der Waals surface area (Å²) in [5.41, 5.74) is -0.103. The Labute approximate surface area is 187 Å². The summed E-state index contributed by atoms with van der Waals surface area (Å²) in [6.07, 6.45) is 0.320. The molecule has 0 spiro atoms. The van der Waals surface area contributed by atoms with E-state index in [0.717, 1.165) is 18.7 Å². The molecule has 0 aliphatic carbocycles. The van der Waals surface area contributed by atoms with Gasteiger partial charge in [-0.05, 0) is 24.6 Å². The van der Waals surface area contributed by atoms with Gasteiger partial charge >= 0.3 is 0 Å². The second kappa shape index (κ2) is 7.94. The van der Waals surface area contributed by atoms with Crippen LogP contribution in [0.1, 0.15) is 31.9 Å². The number of ether oxygens (including phenoxy) is 3. The van der Waals surface area contributed by atoms with Crippen molar-refractivity contribution in [2.75, 3.05) is 46.2 Å². The van der Waals surface area contributed by atoms with Crippen molar-refractivity contribution in [1.82, 2.24) is 14.7 Å². The van der Waals surface area contributed by atoms with Crippen LogP contribution in [0.5, 0.6) is 11.5 Å². The highest BCUT2D eigenvalue weighted by atomic mass is 16.7. The molecule has 170 valence electrons. The molecule has 0 radical (unpaired) electrons. The number of benzene rings is 1. The maximum Gasteiger partial charge on any atom is 0.256 e. The third kappa shape index (κ3) is 3.29. The van der Waals surface area contributed by atoms with E-state index in [-0.39, 0.29) is 18.6 Å². The second-order valence-corrected chi connectivity index (χ2v) is 9.11. The topological polar surface area (TPSA) is 75.9 Å². The summed E-state index contributed by atoms with van der Waals surface area (Å²) in [5.74, 6) is 1.08. The van der Waals surface area contributed by atoms with Gasteiger partial charge in [0.1, 0.15) is 18.1 Å². The van der Waals surface area contributed by atoms with Gasteiger partial charge in [-0.1, -0.05) is 6.07 Å². The van der Waals surface area contributed by atoms with E-state index < -0.39 is 23.7 Å². The molecule has 0 saturated carbocycles. The van der Waals surface area contributed by atoms with Crippen molar-refractivity contribution in [3.05, 3.63) is 35.2 Å². The highest BCUT2D eigenvalue weighted by Gasteiger charge is 2.63. The molecule has 5 rings (SSSR count). The lowest BCUT2D eigenvalue weighted by Gasteiger charge is -2.43. The van der Waals surface area contributed by atoms with Crippen LogP contribution >= 0.6 is 0 Å². The number of amides is 2. The van der Waals surface area contributed by atoms with Crippen molar-refractivity contribution in [2.24, 2.45) is 0 Å². The van der Waals surface area contributed by atoms with E-state index in [9.17, 15) is 9.59 Å². The predicted octanol–water partition coefficient (Wildman–Crippen LogP) is 1.30. The predicted molar refractivity (Wildman–Crippen MR) is 114 cm³/mol. The van der Waals surface area contributed by atoms with E-state index >= 15 is 0 Å². The molecule has 4 aliphatic rings. The van der Waals surface area contributed by atoms with E-state index in [4.69, 9.17) is 20.8 Å². The third-order valence-electron chi connectivity index (χ3n) is 7.19. The molecule has 0 bridgehead atoms. The lowest BCUT2D eigenvalue weighted by atomic mass is 9.87. The first-order chi connectivity index (χ1) is 15.4. The van der Waals surface area contributed by atoms with Crippen molar-refractivity contribution in [3.63, 3.8) is 0 Å². The van der Waals surface area contributed by atoms with Gasteiger partial charge in [-0.25, -0.2) is 6.57 Å². The lowest BCUT2D eigenvalue weighted by Crippen LogP contribution is -2.63. The first kappa shape index (κ1) is 21.0. The summed E-state index contributed by atoms with van der Waals surface area (Å²) in [4.78, 5) is 36.7. The molecule has 3 saturated heterocycles. The van der Waals surface area contributed by atoms with Gasteiger partial charge in [0.05, 0.1) is 19.6 Å². The van der Waals surface area contributed by atoms with Crippen LogP contribution in [0.15, 0.2) is 18.2 Å². The first-order valence-electron chi connectivity index (χ1n) is 11.1. The number of nitrogens with zero attached hydrogens (tertiary/aromatic N) is 4. The van der Waals surface area contributed by atoms with Crippen LogP contribution in [-0.4, -0.2) is 90.3 Å². The average Bonchev–Trinajstić information content (AvgIpc) is 3.40. The van der Waals surface area contributed by atoms with Crippen molar-refractivity contribution in [1.29, 1.82) is 0 Å². The summed E-state index contributed by atoms with van der Waals surface area (Å²) in [7, 11) is 0. The molecule has 9 heteroatoms. The third-order valence-corrected chi connectivity index (χ3v) is 7.19. The summed E-state index contributed by atoms with van der Waals surface area (Å²) in [6, 6.07) is 3.81. The molecule has 0 N–H and O–H groups in total. The zero-order valence-electron chi connectivity index (χ0n) is 18.5. The molecule has 1 aromatic carbocycles. The Hall–Kier alpha value is -2.83. The smallest absolute Gasteiger partial charge is 0.256 e. The lowest BCUT2D eigenvalue weighted by molar-refractivity contribution is -0.161. The van der Waals surface area contributed by atoms with Crippen LogP contribution in [0, 0.1) is 6.57 Å². The largest absolute Gasteiger partial charge is 0.454 e. The number of hydrogen-bond acceptors (Lipinski definition) is 6. The minimum Gasteiger partial charge on any atom is -0.454 e. The zero-order valence-corrected chi connectivity index (χ0v) is 18.5. The fourth-order valence-electron chi connectivity index (χ4n) is 5.39. The number of hydrogen-bond donors (Lipinski definition) is 0. The van der Waals surface area contributed by atoms with Crippen LogP contribution in [0.3, 0.4) is 0 Å². The quantitative estimate of drug-likeness (QED) is 0.657. The Morgan fingerprint density at radius 3 is 2.62 bits per heavy atom. The summed E-state index contributed by atoms with van der Waals surface area (Å²) < 4.78 is 16.3. The molecule has 1 unspecified atom stereocenters. The molecular formula is C23H28N4O5. The Balaban J connectivity index is 1.42. The minimum absolute atomic E-state index is 0.0662. The van der Waals surface area contributed by atoms with Gasteiger partial charge in [-0.2, -0.15) is 0 Å². The molecule has 4 aliphatic heterocycles. The molecule has 1 aromatic rings. The maximum atomic E-state index is 13.6. The molecular weight excluding hydrogens is 412 g/mol. The van der Waals surface area contributed by atoms with Gasteiger partial charge in [-0.15, -0.1) is 0 Å². The molecule has 32 heavy (non-hydrogen) atoms. The van der Waals surface area contributed by atoms with Crippen LogP contribution in [0.25, 0.3) is 4.85 Å². The van der Waals surface area contributed by atoms with E-state index in [0.29, 0.717) is 44.2 Å². The van der Waals surface area contributed by atoms with Crippen LogP contribution in [-0.2, 0) is 14.3 Å². The molecule has 0 aromatic heterocycles. The maximum absolute atomic E-state index is 13.6. The zero-order chi connectivity index (χ0) is 22.5. The van der Waals surface area contributed by atoms with Crippen LogP contribution < -0.4 is 9.47 Å². The Morgan fingerprint density at radius 1 is 1.12 bits per heavy atom. The summed E-state index contributed by atoms with van der Waals surface area (Å²) in [5, 5.41) is 0. The fraction of sp³-hybridized carbons (Fsp3) is 0.609. The van der Waals surface area contributed by atoms with Gasteiger partial charge in [0.15, 0.2) is 11.5 Å². The average molecular weight is 441 g/mol. The molecule has 3 fully saturated rings. The Kier molecular flexibility index (Phi) is 5.22. The normalized spacial score (nSPS) is 32.2. The van der Waals surface area contributed by atoms with Crippen molar-refractivity contribution in [3.8, 4) is 11.5 Å². The molecule has 4 heterocycles. The minimum atomic E-state index is -0.899. The molecule has 9 nitrogen and oxygen atoms in total. The summed E-state index contributed by atoms with van der Waals surface area (Å²) in [6.45, 7) is 16.0.